The lowest BCUT2D eigenvalue weighted by Crippen LogP contribution is -2.36. The maximum atomic E-state index is 11.9. The highest BCUT2D eigenvalue weighted by Crippen LogP contribution is 2.14. The van der Waals surface area contributed by atoms with Crippen LogP contribution in [0.1, 0.15) is 39.5 Å². The van der Waals surface area contributed by atoms with E-state index in [4.69, 9.17) is 0 Å². The van der Waals surface area contributed by atoms with E-state index in [1.807, 2.05) is 38.1 Å². The number of benzene rings is 1. The number of hydrogen-bond acceptors (Lipinski definition) is 3. The summed E-state index contributed by atoms with van der Waals surface area (Å²) >= 11 is 1.78. The third kappa shape index (κ3) is 6.23. The summed E-state index contributed by atoms with van der Waals surface area (Å²) in [5.41, 5.74) is 1.68. The van der Waals surface area contributed by atoms with Crippen molar-refractivity contribution in [2.24, 2.45) is 4.99 Å². The number of thiophene rings is 1. The number of amides is 1. The van der Waals surface area contributed by atoms with E-state index in [1.165, 1.54) is 9.75 Å². The molecule has 0 spiro atoms. The van der Waals surface area contributed by atoms with Gasteiger partial charge < -0.3 is 16.0 Å². The van der Waals surface area contributed by atoms with Crippen LogP contribution in [-0.4, -0.2) is 25.0 Å². The number of rotatable bonds is 7. The van der Waals surface area contributed by atoms with Gasteiger partial charge in [0.1, 0.15) is 0 Å². The molecule has 0 aliphatic carbocycles. The van der Waals surface area contributed by atoms with Crippen molar-refractivity contribution < 1.29 is 4.79 Å². The van der Waals surface area contributed by atoms with Crippen LogP contribution in [0.3, 0.4) is 0 Å². The Kier molecular flexibility index (Phi) is 7.47. The molecule has 25 heavy (non-hydrogen) atoms. The molecule has 0 radical (unpaired) electrons. The van der Waals surface area contributed by atoms with Crippen LogP contribution < -0.4 is 16.0 Å². The molecular formula is C19H26N4OS. The van der Waals surface area contributed by atoms with E-state index in [2.05, 4.69) is 40.0 Å². The summed E-state index contributed by atoms with van der Waals surface area (Å²) < 4.78 is 0. The summed E-state index contributed by atoms with van der Waals surface area (Å²) in [5.74, 6) is 0.725. The zero-order chi connectivity index (χ0) is 18.1. The minimum atomic E-state index is -0.0496. The zero-order valence-corrected chi connectivity index (χ0v) is 15.9. The Morgan fingerprint density at radius 1 is 1.08 bits per heavy atom. The number of nitrogens with zero attached hydrogens (tertiary/aromatic N) is 1. The minimum absolute atomic E-state index is 0.0496. The third-order valence-electron chi connectivity index (χ3n) is 3.52. The van der Waals surface area contributed by atoms with Crippen molar-refractivity contribution in [3.05, 3.63) is 57.3 Å². The lowest BCUT2D eigenvalue weighted by atomic mass is 10.1. The van der Waals surface area contributed by atoms with Crippen molar-refractivity contribution in [2.45, 2.75) is 33.9 Å². The van der Waals surface area contributed by atoms with E-state index in [9.17, 15) is 4.79 Å². The Morgan fingerprint density at radius 3 is 2.56 bits per heavy atom. The average molecular weight is 359 g/mol. The first-order chi connectivity index (χ1) is 12.1. The monoisotopic (exact) mass is 358 g/mol. The second-order valence-electron chi connectivity index (χ2n) is 5.62. The molecule has 1 amide bonds. The van der Waals surface area contributed by atoms with Gasteiger partial charge >= 0.3 is 0 Å². The van der Waals surface area contributed by atoms with Crippen molar-refractivity contribution in [1.82, 2.24) is 16.0 Å². The number of aliphatic imine (C=N–C) groups is 1. The number of nitrogens with one attached hydrogen (secondary N) is 3. The largest absolute Gasteiger partial charge is 0.357 e. The van der Waals surface area contributed by atoms with Gasteiger partial charge in [-0.25, -0.2) is 4.99 Å². The molecule has 3 N–H and O–H groups in total. The fourth-order valence-corrected chi connectivity index (χ4v) is 3.17. The predicted octanol–water partition coefficient (Wildman–Crippen LogP) is 3.06. The Bertz CT molecular complexity index is 724. The van der Waals surface area contributed by atoms with E-state index in [-0.39, 0.29) is 5.91 Å². The standard InChI is InChI=1S/C19H26N4OS/c1-4-20-18(24)16-8-6-7-15(11-16)12-22-19(21-5-2)23-13-17-10-9-14(3)25-17/h6-11H,4-5,12-13H2,1-3H3,(H,20,24)(H2,21,22,23). The average Bonchev–Trinajstić information content (AvgIpc) is 3.03. The Morgan fingerprint density at radius 2 is 1.88 bits per heavy atom. The first kappa shape index (κ1) is 19.0. The normalized spacial score (nSPS) is 11.2. The van der Waals surface area contributed by atoms with Gasteiger partial charge in [0.25, 0.3) is 5.91 Å². The molecule has 2 rings (SSSR count). The summed E-state index contributed by atoms with van der Waals surface area (Å²) in [6.45, 7) is 8.76. The molecule has 0 fully saturated rings. The molecule has 1 aromatic carbocycles. The first-order valence-electron chi connectivity index (χ1n) is 8.57. The number of carbonyl (C=O) groups excluding carboxylic acids is 1. The van der Waals surface area contributed by atoms with Crippen LogP contribution in [0.4, 0.5) is 0 Å². The van der Waals surface area contributed by atoms with Crippen molar-refractivity contribution in [3.8, 4) is 0 Å². The van der Waals surface area contributed by atoms with Crippen molar-refractivity contribution >= 4 is 23.2 Å². The van der Waals surface area contributed by atoms with Gasteiger partial charge in [-0.3, -0.25) is 4.79 Å². The van der Waals surface area contributed by atoms with Gasteiger partial charge in [-0.05, 0) is 50.6 Å². The number of carbonyl (C=O) groups is 1. The maximum absolute atomic E-state index is 11.9. The topological polar surface area (TPSA) is 65.5 Å². The molecule has 6 heteroatoms. The summed E-state index contributed by atoms with van der Waals surface area (Å²) in [6, 6.07) is 11.8. The molecule has 0 bridgehead atoms. The smallest absolute Gasteiger partial charge is 0.251 e. The maximum Gasteiger partial charge on any atom is 0.251 e. The molecule has 1 heterocycles. The van der Waals surface area contributed by atoms with Gasteiger partial charge in [-0.2, -0.15) is 0 Å². The first-order valence-corrected chi connectivity index (χ1v) is 9.38. The van der Waals surface area contributed by atoms with E-state index < -0.39 is 0 Å². The Balaban J connectivity index is 2.00. The third-order valence-corrected chi connectivity index (χ3v) is 4.52. The lowest BCUT2D eigenvalue weighted by molar-refractivity contribution is 0.0955. The molecule has 2 aromatic rings. The van der Waals surface area contributed by atoms with Crippen molar-refractivity contribution in [2.75, 3.05) is 13.1 Å². The molecule has 0 unspecified atom stereocenters. The van der Waals surface area contributed by atoms with Crippen molar-refractivity contribution in [3.63, 3.8) is 0 Å². The fourth-order valence-electron chi connectivity index (χ4n) is 2.34. The summed E-state index contributed by atoms with van der Waals surface area (Å²) in [5, 5.41) is 9.42. The zero-order valence-electron chi connectivity index (χ0n) is 15.1. The molecule has 0 atom stereocenters. The van der Waals surface area contributed by atoms with E-state index in [1.54, 1.807) is 11.3 Å². The predicted molar refractivity (Wildman–Crippen MR) is 105 cm³/mol. The molecule has 0 saturated heterocycles. The van der Waals surface area contributed by atoms with Crippen LogP contribution >= 0.6 is 11.3 Å². The van der Waals surface area contributed by atoms with Crippen LogP contribution in [0.25, 0.3) is 0 Å². The van der Waals surface area contributed by atoms with Crippen LogP contribution in [0.15, 0.2) is 41.4 Å². The van der Waals surface area contributed by atoms with E-state index >= 15 is 0 Å². The van der Waals surface area contributed by atoms with Crippen LogP contribution in [0.5, 0.6) is 0 Å². The molecule has 134 valence electrons. The highest BCUT2D eigenvalue weighted by atomic mass is 32.1. The molecule has 0 aliphatic rings. The Labute approximate surface area is 153 Å². The van der Waals surface area contributed by atoms with Crippen LogP contribution in [0.2, 0.25) is 0 Å². The number of guanidine groups is 1. The molecule has 0 saturated carbocycles. The SMILES string of the molecule is CCNC(=O)c1cccc(CN=C(NCC)NCc2ccc(C)s2)c1. The second kappa shape index (κ2) is 9.84. The van der Waals surface area contributed by atoms with Gasteiger partial charge in [-0.15, -0.1) is 11.3 Å². The molecule has 5 nitrogen and oxygen atoms in total. The highest BCUT2D eigenvalue weighted by molar-refractivity contribution is 7.11. The van der Waals surface area contributed by atoms with Crippen LogP contribution in [-0.2, 0) is 13.1 Å². The lowest BCUT2D eigenvalue weighted by Gasteiger charge is -2.11. The Hall–Kier alpha value is -2.34. The van der Waals surface area contributed by atoms with E-state index in [0.29, 0.717) is 18.7 Å². The number of aryl methyl sites for hydroxylation is 1. The van der Waals surface area contributed by atoms with Crippen molar-refractivity contribution in [1.29, 1.82) is 0 Å². The molecule has 1 aromatic heterocycles. The van der Waals surface area contributed by atoms with Gasteiger partial charge in [0, 0.05) is 28.4 Å². The molecular weight excluding hydrogens is 332 g/mol. The summed E-state index contributed by atoms with van der Waals surface area (Å²) in [7, 11) is 0. The number of hydrogen-bond donors (Lipinski definition) is 3. The van der Waals surface area contributed by atoms with Gasteiger partial charge in [0.05, 0.1) is 13.1 Å². The van der Waals surface area contributed by atoms with Gasteiger partial charge in [-0.1, -0.05) is 12.1 Å². The van der Waals surface area contributed by atoms with Gasteiger partial charge in [0.2, 0.25) is 0 Å². The fraction of sp³-hybridized carbons (Fsp3) is 0.368. The molecule has 0 aliphatic heterocycles. The van der Waals surface area contributed by atoms with Crippen LogP contribution in [0, 0.1) is 6.92 Å². The summed E-state index contributed by atoms with van der Waals surface area (Å²) in [4.78, 5) is 19.1. The summed E-state index contributed by atoms with van der Waals surface area (Å²) in [6.07, 6.45) is 0. The van der Waals surface area contributed by atoms with Gasteiger partial charge in [0.15, 0.2) is 5.96 Å². The minimum Gasteiger partial charge on any atom is -0.357 e. The highest BCUT2D eigenvalue weighted by Gasteiger charge is 2.05. The second-order valence-corrected chi connectivity index (χ2v) is 6.99. The van der Waals surface area contributed by atoms with E-state index in [0.717, 1.165) is 24.6 Å². The quantitative estimate of drug-likeness (QED) is 0.526.